The van der Waals surface area contributed by atoms with Crippen LogP contribution in [0.3, 0.4) is 0 Å². The van der Waals surface area contributed by atoms with Crippen molar-refractivity contribution in [2.45, 2.75) is 24.9 Å². The second kappa shape index (κ2) is 7.26. The summed E-state index contributed by atoms with van der Waals surface area (Å²) in [6.45, 7) is 4.33. The smallest absolute Gasteiger partial charge is 0.315 e. The van der Waals surface area contributed by atoms with Crippen molar-refractivity contribution in [2.24, 2.45) is 0 Å². The van der Waals surface area contributed by atoms with E-state index in [1.807, 2.05) is 0 Å². The van der Waals surface area contributed by atoms with E-state index in [1.165, 1.54) is 0 Å². The van der Waals surface area contributed by atoms with Crippen molar-refractivity contribution in [2.75, 3.05) is 18.4 Å². The monoisotopic (exact) mass is 406 g/mol. The molecule has 3 rings (SSSR count). The lowest BCUT2D eigenvalue weighted by molar-refractivity contribution is -0.121. The number of nitrogens with zero attached hydrogens (tertiary/aromatic N) is 1. The molecule has 2 atom stereocenters. The molecule has 0 bridgehead atoms. The van der Waals surface area contributed by atoms with Crippen LogP contribution in [0.4, 0.5) is 10.5 Å². The Morgan fingerprint density at radius 2 is 2.24 bits per heavy atom. The standard InChI is InChI=1S/C17H19BrN4O3/c1-2-6-19-17(25)20-11-5-7-22-14(9-11)15(23)21-13-4-3-10(18)8-12(13)16(22)24/h2-4,8,11,14H,1,5-7,9H2,(H,21,23)(H2,19,20,25)/t11-,14+/m1/s1. The number of halogens is 1. The molecule has 1 aromatic carbocycles. The summed E-state index contributed by atoms with van der Waals surface area (Å²) in [6.07, 6.45) is 2.57. The lowest BCUT2D eigenvalue weighted by Gasteiger charge is -2.37. The molecule has 2 aliphatic heterocycles. The van der Waals surface area contributed by atoms with Gasteiger partial charge in [-0.2, -0.15) is 0 Å². The van der Waals surface area contributed by atoms with E-state index in [1.54, 1.807) is 29.2 Å². The molecular formula is C17H19BrN4O3. The lowest BCUT2D eigenvalue weighted by atomic mass is 9.96. The number of carbonyl (C=O) groups excluding carboxylic acids is 3. The summed E-state index contributed by atoms with van der Waals surface area (Å²) in [4.78, 5) is 38.8. The molecule has 0 unspecified atom stereocenters. The van der Waals surface area contributed by atoms with Crippen LogP contribution in [-0.4, -0.2) is 47.9 Å². The number of carbonyl (C=O) groups is 3. The van der Waals surface area contributed by atoms with Crippen molar-refractivity contribution >= 4 is 39.5 Å². The molecule has 2 aliphatic rings. The molecule has 1 aromatic rings. The molecule has 2 heterocycles. The summed E-state index contributed by atoms with van der Waals surface area (Å²) < 4.78 is 0.780. The van der Waals surface area contributed by atoms with E-state index < -0.39 is 6.04 Å². The van der Waals surface area contributed by atoms with Crippen LogP contribution in [0, 0.1) is 0 Å². The van der Waals surface area contributed by atoms with Crippen molar-refractivity contribution in [3.63, 3.8) is 0 Å². The van der Waals surface area contributed by atoms with Gasteiger partial charge in [-0.05, 0) is 31.0 Å². The topological polar surface area (TPSA) is 90.5 Å². The van der Waals surface area contributed by atoms with Crippen LogP contribution in [0.5, 0.6) is 0 Å². The summed E-state index contributed by atoms with van der Waals surface area (Å²) in [5.41, 5.74) is 0.987. The predicted octanol–water partition coefficient (Wildman–Crippen LogP) is 1.86. The van der Waals surface area contributed by atoms with Gasteiger partial charge in [0.1, 0.15) is 6.04 Å². The van der Waals surface area contributed by atoms with Gasteiger partial charge >= 0.3 is 6.03 Å². The van der Waals surface area contributed by atoms with E-state index in [0.29, 0.717) is 37.2 Å². The van der Waals surface area contributed by atoms with Crippen molar-refractivity contribution in [1.29, 1.82) is 0 Å². The maximum atomic E-state index is 12.8. The van der Waals surface area contributed by atoms with Crippen molar-refractivity contribution in [3.05, 3.63) is 40.9 Å². The third kappa shape index (κ3) is 3.68. The Labute approximate surface area is 154 Å². The average molecular weight is 407 g/mol. The summed E-state index contributed by atoms with van der Waals surface area (Å²) in [5.74, 6) is -0.401. The zero-order valence-corrected chi connectivity index (χ0v) is 15.1. The fraction of sp³-hybridized carbons (Fsp3) is 0.353. The van der Waals surface area contributed by atoms with Gasteiger partial charge in [-0.3, -0.25) is 9.59 Å². The van der Waals surface area contributed by atoms with Crippen LogP contribution >= 0.6 is 15.9 Å². The van der Waals surface area contributed by atoms with Gasteiger partial charge in [-0.25, -0.2) is 4.79 Å². The van der Waals surface area contributed by atoms with Crippen LogP contribution in [0.15, 0.2) is 35.3 Å². The molecule has 0 aliphatic carbocycles. The van der Waals surface area contributed by atoms with Gasteiger partial charge in [0.25, 0.3) is 5.91 Å². The maximum absolute atomic E-state index is 12.8. The van der Waals surface area contributed by atoms with Gasteiger partial charge in [0.05, 0.1) is 11.3 Å². The van der Waals surface area contributed by atoms with E-state index in [9.17, 15) is 14.4 Å². The van der Waals surface area contributed by atoms with Gasteiger partial charge in [-0.15, -0.1) is 6.58 Å². The molecule has 25 heavy (non-hydrogen) atoms. The molecule has 132 valence electrons. The number of fused-ring (bicyclic) bond motifs is 2. The third-order valence-corrected chi connectivity index (χ3v) is 4.87. The first-order valence-electron chi connectivity index (χ1n) is 8.06. The molecule has 0 aromatic heterocycles. The van der Waals surface area contributed by atoms with Crippen LogP contribution in [0.25, 0.3) is 0 Å². The third-order valence-electron chi connectivity index (χ3n) is 4.38. The van der Waals surface area contributed by atoms with E-state index in [2.05, 4.69) is 38.5 Å². The van der Waals surface area contributed by atoms with Gasteiger partial charge < -0.3 is 20.9 Å². The Kier molecular flexibility index (Phi) is 5.08. The Hall–Kier alpha value is -2.35. The average Bonchev–Trinajstić information content (AvgIpc) is 2.69. The molecule has 0 radical (unpaired) electrons. The van der Waals surface area contributed by atoms with Crippen LogP contribution in [-0.2, 0) is 4.79 Å². The molecule has 3 N–H and O–H groups in total. The second-order valence-electron chi connectivity index (χ2n) is 6.06. The normalized spacial score (nSPS) is 22.2. The van der Waals surface area contributed by atoms with E-state index in [0.717, 1.165) is 4.47 Å². The summed E-state index contributed by atoms with van der Waals surface area (Å²) >= 11 is 3.36. The Morgan fingerprint density at radius 1 is 1.44 bits per heavy atom. The number of benzene rings is 1. The number of rotatable bonds is 3. The highest BCUT2D eigenvalue weighted by atomic mass is 79.9. The minimum atomic E-state index is -0.600. The number of anilines is 1. The van der Waals surface area contributed by atoms with Crippen molar-refractivity contribution < 1.29 is 14.4 Å². The molecule has 1 saturated heterocycles. The SMILES string of the molecule is C=CCNC(=O)N[C@@H]1CCN2C(=O)c3cc(Br)ccc3NC(=O)[C@@H]2C1. The molecule has 0 spiro atoms. The highest BCUT2D eigenvalue weighted by Crippen LogP contribution is 2.30. The largest absolute Gasteiger partial charge is 0.335 e. The van der Waals surface area contributed by atoms with Crippen LogP contribution < -0.4 is 16.0 Å². The minimum Gasteiger partial charge on any atom is -0.335 e. The number of urea groups is 1. The van der Waals surface area contributed by atoms with E-state index in [4.69, 9.17) is 0 Å². The van der Waals surface area contributed by atoms with E-state index >= 15 is 0 Å². The quantitative estimate of drug-likeness (QED) is 0.669. The Balaban J connectivity index is 1.76. The summed E-state index contributed by atoms with van der Waals surface area (Å²) in [5, 5.41) is 8.32. The molecule has 4 amide bonds. The maximum Gasteiger partial charge on any atom is 0.315 e. The molecule has 1 fully saturated rings. The zero-order chi connectivity index (χ0) is 18.0. The van der Waals surface area contributed by atoms with Crippen molar-refractivity contribution in [3.8, 4) is 0 Å². The molecule has 8 heteroatoms. The highest BCUT2D eigenvalue weighted by Gasteiger charge is 2.40. The second-order valence-corrected chi connectivity index (χ2v) is 6.97. The fourth-order valence-electron chi connectivity index (χ4n) is 3.16. The Morgan fingerprint density at radius 3 is 3.00 bits per heavy atom. The van der Waals surface area contributed by atoms with Gasteiger partial charge in [0, 0.05) is 23.6 Å². The van der Waals surface area contributed by atoms with Gasteiger partial charge in [0.15, 0.2) is 0 Å². The first kappa shape index (κ1) is 17.5. The fourth-order valence-corrected chi connectivity index (χ4v) is 3.52. The van der Waals surface area contributed by atoms with Gasteiger partial charge in [0.2, 0.25) is 5.91 Å². The highest BCUT2D eigenvalue weighted by molar-refractivity contribution is 9.10. The number of hydrogen-bond donors (Lipinski definition) is 3. The number of amides is 4. The number of hydrogen-bond acceptors (Lipinski definition) is 3. The Bertz CT molecular complexity index is 737. The van der Waals surface area contributed by atoms with Crippen molar-refractivity contribution in [1.82, 2.24) is 15.5 Å². The molecule has 7 nitrogen and oxygen atoms in total. The summed E-state index contributed by atoms with van der Waals surface area (Å²) in [7, 11) is 0. The lowest BCUT2D eigenvalue weighted by Crippen LogP contribution is -2.56. The minimum absolute atomic E-state index is 0.169. The van der Waals surface area contributed by atoms with E-state index in [-0.39, 0.29) is 23.9 Å². The number of piperidine rings is 1. The first-order valence-corrected chi connectivity index (χ1v) is 8.85. The number of nitrogens with one attached hydrogen (secondary N) is 3. The van der Waals surface area contributed by atoms with Crippen LogP contribution in [0.1, 0.15) is 23.2 Å². The zero-order valence-electron chi connectivity index (χ0n) is 13.5. The first-order chi connectivity index (χ1) is 12.0. The predicted molar refractivity (Wildman–Crippen MR) is 97.3 cm³/mol. The summed E-state index contributed by atoms with van der Waals surface area (Å²) in [6, 6.07) is 4.14. The van der Waals surface area contributed by atoms with Crippen LogP contribution in [0.2, 0.25) is 0 Å². The molecular weight excluding hydrogens is 388 g/mol. The molecule has 0 saturated carbocycles. The van der Waals surface area contributed by atoms with Gasteiger partial charge in [-0.1, -0.05) is 22.0 Å².